The molecule has 0 spiro atoms. The molecule has 2 atom stereocenters. The van der Waals surface area contributed by atoms with Crippen LogP contribution < -0.4 is 0 Å². The topological polar surface area (TPSA) is 58.4 Å². The van der Waals surface area contributed by atoms with Crippen molar-refractivity contribution in [1.29, 1.82) is 0 Å². The number of aromatic nitrogens is 2. The van der Waals surface area contributed by atoms with Gasteiger partial charge in [-0.3, -0.25) is 9.59 Å². The summed E-state index contributed by atoms with van der Waals surface area (Å²) >= 11 is 0. The van der Waals surface area contributed by atoms with E-state index in [1.165, 1.54) is 0 Å². The molecule has 2 amide bonds. The summed E-state index contributed by atoms with van der Waals surface area (Å²) in [4.78, 5) is 32.9. The van der Waals surface area contributed by atoms with Gasteiger partial charge in [-0.15, -0.1) is 0 Å². The first kappa shape index (κ1) is 17.0. The number of hydrogen-bond acceptors (Lipinski definition) is 3. The van der Waals surface area contributed by atoms with E-state index in [9.17, 15) is 9.59 Å². The predicted molar refractivity (Wildman–Crippen MR) is 91.4 cm³/mol. The minimum atomic E-state index is 0.172. The highest BCUT2D eigenvalue weighted by molar-refractivity contribution is 5.82. The highest BCUT2D eigenvalue weighted by Crippen LogP contribution is 2.39. The Morgan fingerprint density at radius 2 is 1.83 bits per heavy atom. The molecular formula is C18H28N4O2. The first-order valence-electron chi connectivity index (χ1n) is 9.05. The van der Waals surface area contributed by atoms with E-state index in [1.54, 1.807) is 6.20 Å². The number of carbonyl (C=O) groups excluding carboxylic acids is 2. The number of nitrogens with zero attached hydrogens (tertiary/aromatic N) is 4. The second-order valence-electron chi connectivity index (χ2n) is 7.41. The molecule has 2 heterocycles. The van der Waals surface area contributed by atoms with Crippen molar-refractivity contribution in [2.75, 3.05) is 26.2 Å². The Kier molecular flexibility index (Phi) is 4.92. The van der Waals surface area contributed by atoms with Crippen LogP contribution in [-0.4, -0.2) is 57.3 Å². The summed E-state index contributed by atoms with van der Waals surface area (Å²) in [7, 11) is 0. The molecule has 0 unspecified atom stereocenters. The molecule has 0 aromatic carbocycles. The Bertz CT molecular complexity index is 602. The van der Waals surface area contributed by atoms with E-state index >= 15 is 0 Å². The number of rotatable bonds is 5. The molecule has 1 saturated heterocycles. The highest BCUT2D eigenvalue weighted by Gasteiger charge is 2.42. The Balaban J connectivity index is 1.45. The molecule has 3 rings (SSSR count). The normalized spacial score (nSPS) is 23.7. The van der Waals surface area contributed by atoms with Gasteiger partial charge in [-0.2, -0.15) is 0 Å². The van der Waals surface area contributed by atoms with E-state index in [1.807, 2.05) is 16.0 Å². The Morgan fingerprint density at radius 1 is 1.21 bits per heavy atom. The van der Waals surface area contributed by atoms with Crippen molar-refractivity contribution in [3.05, 3.63) is 18.2 Å². The maximum absolute atomic E-state index is 12.4. The summed E-state index contributed by atoms with van der Waals surface area (Å²) in [5.74, 6) is 2.62. The van der Waals surface area contributed by atoms with Crippen LogP contribution in [0.15, 0.2) is 12.4 Å². The van der Waals surface area contributed by atoms with Crippen LogP contribution in [0.4, 0.5) is 0 Å². The quantitative estimate of drug-likeness (QED) is 0.825. The molecule has 2 aliphatic rings. The third kappa shape index (κ3) is 3.62. The molecule has 1 aromatic heterocycles. The molecule has 6 nitrogen and oxygen atoms in total. The molecule has 0 radical (unpaired) electrons. The van der Waals surface area contributed by atoms with Crippen LogP contribution in [0, 0.1) is 11.8 Å². The predicted octanol–water partition coefficient (Wildman–Crippen LogP) is 1.72. The van der Waals surface area contributed by atoms with Gasteiger partial charge in [-0.25, -0.2) is 4.98 Å². The molecule has 1 aromatic rings. The molecule has 0 bridgehead atoms. The number of piperazine rings is 1. The maximum Gasteiger partial charge on any atom is 0.226 e. The van der Waals surface area contributed by atoms with E-state index in [0.717, 1.165) is 12.2 Å². The largest absolute Gasteiger partial charge is 0.339 e. The van der Waals surface area contributed by atoms with Gasteiger partial charge < -0.3 is 14.4 Å². The average Bonchev–Trinajstić information content (AvgIpc) is 3.11. The van der Waals surface area contributed by atoms with Crippen LogP contribution in [0.5, 0.6) is 0 Å². The van der Waals surface area contributed by atoms with Gasteiger partial charge >= 0.3 is 0 Å². The Morgan fingerprint density at radius 3 is 2.42 bits per heavy atom. The molecule has 1 saturated carbocycles. The van der Waals surface area contributed by atoms with Gasteiger partial charge in [0.15, 0.2) is 0 Å². The zero-order valence-corrected chi connectivity index (χ0v) is 14.9. The third-order valence-electron chi connectivity index (χ3n) is 5.20. The van der Waals surface area contributed by atoms with Crippen molar-refractivity contribution in [3.8, 4) is 0 Å². The maximum atomic E-state index is 12.4. The number of carbonyl (C=O) groups is 2. The number of imidazole rings is 1. The van der Waals surface area contributed by atoms with Crippen molar-refractivity contribution in [2.45, 2.75) is 46.1 Å². The highest BCUT2D eigenvalue weighted by atomic mass is 16.2. The summed E-state index contributed by atoms with van der Waals surface area (Å²) < 4.78 is 2.07. The number of aryl methyl sites for hydroxylation is 1. The van der Waals surface area contributed by atoms with E-state index in [0.29, 0.717) is 51.0 Å². The zero-order chi connectivity index (χ0) is 17.3. The summed E-state index contributed by atoms with van der Waals surface area (Å²) in [5.41, 5.74) is 0. The lowest BCUT2D eigenvalue weighted by molar-refractivity contribution is -0.140. The van der Waals surface area contributed by atoms with E-state index in [-0.39, 0.29) is 17.7 Å². The molecule has 1 aliphatic heterocycles. The fourth-order valence-electron chi connectivity index (χ4n) is 3.46. The lowest BCUT2D eigenvalue weighted by Gasteiger charge is -2.35. The molecule has 2 fully saturated rings. The first-order chi connectivity index (χ1) is 11.5. The molecular weight excluding hydrogens is 304 g/mol. The minimum Gasteiger partial charge on any atom is -0.339 e. The SMILES string of the molecule is CC(C)c1nccn1CCC(=O)N1CCN(C(=O)[C@@H]2C[C@@H]2C)CC1. The van der Waals surface area contributed by atoms with Gasteiger partial charge in [0.1, 0.15) is 5.82 Å². The summed E-state index contributed by atoms with van der Waals surface area (Å²) in [6.45, 7) is 9.69. The number of hydrogen-bond donors (Lipinski definition) is 0. The van der Waals surface area contributed by atoms with Gasteiger partial charge in [-0.1, -0.05) is 20.8 Å². The minimum absolute atomic E-state index is 0.172. The number of amides is 2. The van der Waals surface area contributed by atoms with E-state index < -0.39 is 0 Å². The lowest BCUT2D eigenvalue weighted by atomic mass is 10.2. The van der Waals surface area contributed by atoms with Gasteiger partial charge in [0.25, 0.3) is 0 Å². The standard InChI is InChI=1S/C18H28N4O2/c1-13(2)17-19-5-7-21(17)6-4-16(23)20-8-10-22(11-9-20)18(24)15-12-14(15)3/h5,7,13-15H,4,6,8-12H2,1-3H3/t14-,15+/m0/s1. The van der Waals surface area contributed by atoms with Crippen molar-refractivity contribution >= 4 is 11.8 Å². The lowest BCUT2D eigenvalue weighted by Crippen LogP contribution is -2.51. The van der Waals surface area contributed by atoms with Crippen LogP contribution in [-0.2, 0) is 16.1 Å². The average molecular weight is 332 g/mol. The van der Waals surface area contributed by atoms with Crippen molar-refractivity contribution in [2.24, 2.45) is 11.8 Å². The van der Waals surface area contributed by atoms with Gasteiger partial charge in [0.05, 0.1) is 0 Å². The fourth-order valence-corrected chi connectivity index (χ4v) is 3.46. The second kappa shape index (κ2) is 6.95. The van der Waals surface area contributed by atoms with Gasteiger partial charge in [-0.05, 0) is 12.3 Å². The van der Waals surface area contributed by atoms with E-state index in [2.05, 4.69) is 30.3 Å². The van der Waals surface area contributed by atoms with Crippen LogP contribution >= 0.6 is 0 Å². The van der Waals surface area contributed by atoms with Gasteiger partial charge in [0, 0.05) is 63.4 Å². The van der Waals surface area contributed by atoms with Gasteiger partial charge in [0.2, 0.25) is 11.8 Å². The summed E-state index contributed by atoms with van der Waals surface area (Å²) in [6.07, 6.45) is 5.25. The fraction of sp³-hybridized carbons (Fsp3) is 0.722. The molecule has 1 aliphatic carbocycles. The van der Waals surface area contributed by atoms with Crippen molar-refractivity contribution in [1.82, 2.24) is 19.4 Å². The first-order valence-corrected chi connectivity index (χ1v) is 9.05. The zero-order valence-electron chi connectivity index (χ0n) is 14.9. The molecule has 0 N–H and O–H groups in total. The second-order valence-corrected chi connectivity index (χ2v) is 7.41. The Hall–Kier alpha value is -1.85. The summed E-state index contributed by atoms with van der Waals surface area (Å²) in [6, 6.07) is 0. The Labute approximate surface area is 143 Å². The molecule has 6 heteroatoms. The molecule has 24 heavy (non-hydrogen) atoms. The van der Waals surface area contributed by atoms with Crippen LogP contribution in [0.3, 0.4) is 0 Å². The molecule has 132 valence electrons. The smallest absolute Gasteiger partial charge is 0.226 e. The third-order valence-corrected chi connectivity index (χ3v) is 5.20. The van der Waals surface area contributed by atoms with E-state index in [4.69, 9.17) is 0 Å². The van der Waals surface area contributed by atoms with Crippen molar-refractivity contribution < 1.29 is 9.59 Å². The van der Waals surface area contributed by atoms with Crippen LogP contribution in [0.1, 0.15) is 45.4 Å². The van der Waals surface area contributed by atoms with Crippen LogP contribution in [0.25, 0.3) is 0 Å². The van der Waals surface area contributed by atoms with Crippen molar-refractivity contribution in [3.63, 3.8) is 0 Å². The summed E-state index contributed by atoms with van der Waals surface area (Å²) in [5, 5.41) is 0. The van der Waals surface area contributed by atoms with Crippen LogP contribution in [0.2, 0.25) is 0 Å². The monoisotopic (exact) mass is 332 g/mol.